The van der Waals surface area contributed by atoms with Crippen LogP contribution in [0.5, 0.6) is 0 Å². The minimum absolute atomic E-state index is 0. The van der Waals surface area contributed by atoms with Crippen LogP contribution in [0.25, 0.3) is 0 Å². The Kier molecular flexibility index (Phi) is 6.80. The van der Waals surface area contributed by atoms with Gasteiger partial charge in [0.1, 0.15) is 0 Å². The first kappa shape index (κ1) is 19.5. The fourth-order valence-electron chi connectivity index (χ4n) is 3.98. The Labute approximate surface area is 147 Å². The molecule has 3 rings (SSSR count). The van der Waals surface area contributed by atoms with Gasteiger partial charge in [0.05, 0.1) is 0 Å². The van der Waals surface area contributed by atoms with Crippen molar-refractivity contribution in [3.8, 4) is 0 Å². The SMILES string of the molecule is CC(C)C1=[C]([Zr+2]2([C]3=C(C(C)C)C=CC3)[CH2][CH2]2)CC=C1.[Cl-].[Cl-]. The molecule has 0 aromatic rings. The zero-order valence-corrected chi connectivity index (χ0v) is 17.5. The van der Waals surface area contributed by atoms with Gasteiger partial charge in [-0.3, -0.25) is 0 Å². The average Bonchev–Trinajstić information content (AvgIpc) is 2.85. The Morgan fingerprint density at radius 1 is 0.762 bits per heavy atom. The molecule has 0 radical (unpaired) electrons. The molecular weight excluding hydrogens is 378 g/mol. The fraction of sp³-hybridized carbons (Fsp3) is 0.556. The Hall–Kier alpha value is 0.423. The van der Waals surface area contributed by atoms with Crippen LogP contribution in [0.15, 0.2) is 42.0 Å². The standard InChI is InChI=1S/2C8H11.C2H4.2ClH.Zr/c2*1-7(2)8-5-3-4-6-8;1-2;;;/h2*3,5,7H,4H2,1-2H3;1-2H2;2*1H;/q;;;;;+2/p-2. The summed E-state index contributed by atoms with van der Waals surface area (Å²) in [6, 6.07) is 0. The van der Waals surface area contributed by atoms with Crippen LogP contribution in [0.1, 0.15) is 40.5 Å². The number of halogens is 2. The van der Waals surface area contributed by atoms with Crippen molar-refractivity contribution in [2.24, 2.45) is 11.8 Å². The van der Waals surface area contributed by atoms with E-state index in [1.807, 2.05) is 6.56 Å². The van der Waals surface area contributed by atoms with Crippen molar-refractivity contribution < 1.29 is 45.1 Å². The molecule has 0 atom stereocenters. The van der Waals surface area contributed by atoms with E-state index in [-0.39, 0.29) is 24.8 Å². The molecule has 0 spiro atoms. The van der Waals surface area contributed by atoms with Crippen molar-refractivity contribution in [1.29, 1.82) is 0 Å². The van der Waals surface area contributed by atoms with Gasteiger partial charge in [0.2, 0.25) is 0 Å². The molecule has 1 aliphatic heterocycles. The summed E-state index contributed by atoms with van der Waals surface area (Å²) in [5, 5.41) is 0. The second-order valence-corrected chi connectivity index (χ2v) is 17.7. The molecule has 3 heteroatoms. The fourth-order valence-corrected chi connectivity index (χ4v) is 19.1. The number of rotatable bonds is 4. The van der Waals surface area contributed by atoms with Crippen LogP contribution in [0.2, 0.25) is 8.26 Å². The van der Waals surface area contributed by atoms with E-state index in [1.54, 1.807) is 19.4 Å². The summed E-state index contributed by atoms with van der Waals surface area (Å²) >= 11 is -2.05. The molecule has 1 heterocycles. The van der Waals surface area contributed by atoms with Crippen molar-refractivity contribution in [1.82, 2.24) is 0 Å². The molecule has 21 heavy (non-hydrogen) atoms. The van der Waals surface area contributed by atoms with Crippen LogP contribution in [-0.2, 0) is 20.3 Å². The van der Waals surface area contributed by atoms with E-state index < -0.39 is 20.3 Å². The molecule has 0 saturated carbocycles. The molecule has 0 bridgehead atoms. The van der Waals surface area contributed by atoms with E-state index in [1.165, 1.54) is 12.8 Å². The molecule has 0 aromatic carbocycles. The Morgan fingerprint density at radius 2 is 1.14 bits per heavy atom. The molecule has 0 aromatic heterocycles. The summed E-state index contributed by atoms with van der Waals surface area (Å²) < 4.78 is 7.10. The third kappa shape index (κ3) is 3.36. The van der Waals surface area contributed by atoms with E-state index >= 15 is 0 Å². The van der Waals surface area contributed by atoms with Crippen LogP contribution in [-0.4, -0.2) is 0 Å². The second kappa shape index (κ2) is 7.33. The molecule has 0 amide bonds. The van der Waals surface area contributed by atoms with Crippen LogP contribution >= 0.6 is 0 Å². The van der Waals surface area contributed by atoms with Gasteiger partial charge in [-0.05, 0) is 0 Å². The molecule has 1 fully saturated rings. The molecule has 1 saturated heterocycles. The maximum absolute atomic E-state index is 2.44. The van der Waals surface area contributed by atoms with E-state index in [9.17, 15) is 0 Å². The first-order chi connectivity index (χ1) is 9.06. The van der Waals surface area contributed by atoms with Crippen LogP contribution in [0, 0.1) is 11.8 Å². The molecule has 3 aliphatic rings. The van der Waals surface area contributed by atoms with Crippen molar-refractivity contribution in [3.63, 3.8) is 0 Å². The summed E-state index contributed by atoms with van der Waals surface area (Å²) in [6.07, 6.45) is 12.3. The summed E-state index contributed by atoms with van der Waals surface area (Å²) in [7, 11) is 0. The largest absolute Gasteiger partial charge is 1.00 e. The first-order valence-corrected chi connectivity index (χ1v) is 13.8. The Bertz CT molecular complexity index is 473. The van der Waals surface area contributed by atoms with Gasteiger partial charge in [-0.1, -0.05) is 0 Å². The van der Waals surface area contributed by atoms with Crippen molar-refractivity contribution in [3.05, 3.63) is 42.0 Å². The molecular formula is C18H26Cl2Zr. The summed E-state index contributed by atoms with van der Waals surface area (Å²) in [5.74, 6) is 1.45. The summed E-state index contributed by atoms with van der Waals surface area (Å²) in [4.78, 5) is 0. The Morgan fingerprint density at radius 3 is 1.43 bits per heavy atom. The van der Waals surface area contributed by atoms with Crippen LogP contribution < -0.4 is 24.8 Å². The van der Waals surface area contributed by atoms with E-state index in [0.717, 1.165) is 11.8 Å². The van der Waals surface area contributed by atoms with Gasteiger partial charge in [0.15, 0.2) is 0 Å². The van der Waals surface area contributed by atoms with Crippen molar-refractivity contribution in [2.45, 2.75) is 48.8 Å². The number of hydrogen-bond acceptors (Lipinski definition) is 0. The van der Waals surface area contributed by atoms with Gasteiger partial charge in [-0.15, -0.1) is 0 Å². The normalized spacial score (nSPS) is 20.7. The van der Waals surface area contributed by atoms with Gasteiger partial charge in [-0.2, -0.15) is 0 Å². The zero-order valence-electron chi connectivity index (χ0n) is 13.5. The average molecular weight is 405 g/mol. The summed E-state index contributed by atoms with van der Waals surface area (Å²) in [6.45, 7) is 9.49. The quantitative estimate of drug-likeness (QED) is 0.606. The van der Waals surface area contributed by atoms with Crippen LogP contribution in [0.4, 0.5) is 0 Å². The van der Waals surface area contributed by atoms with Crippen molar-refractivity contribution >= 4 is 0 Å². The minimum atomic E-state index is -2.05. The zero-order chi connectivity index (χ0) is 13.6. The molecule has 116 valence electrons. The topological polar surface area (TPSA) is 0 Å². The number of allylic oxidation sites excluding steroid dienone is 8. The predicted octanol–water partition coefficient (Wildman–Crippen LogP) is -0.261. The smallest absolute Gasteiger partial charge is 1.00 e. The van der Waals surface area contributed by atoms with Gasteiger partial charge in [0.25, 0.3) is 0 Å². The predicted molar refractivity (Wildman–Crippen MR) is 80.9 cm³/mol. The van der Waals surface area contributed by atoms with Crippen LogP contribution in [0.3, 0.4) is 0 Å². The molecule has 0 unspecified atom stereocenters. The Balaban J connectivity index is 0.00000110. The second-order valence-electron chi connectivity index (χ2n) is 6.97. The van der Waals surface area contributed by atoms with Gasteiger partial charge in [0, 0.05) is 0 Å². The van der Waals surface area contributed by atoms with Gasteiger partial charge >= 0.3 is 123 Å². The van der Waals surface area contributed by atoms with E-state index in [2.05, 4.69) is 52.0 Å². The van der Waals surface area contributed by atoms with Gasteiger partial charge < -0.3 is 24.8 Å². The van der Waals surface area contributed by atoms with Crippen molar-refractivity contribution in [2.75, 3.05) is 0 Å². The van der Waals surface area contributed by atoms with E-state index in [0.29, 0.717) is 0 Å². The number of hydrogen-bond donors (Lipinski definition) is 0. The van der Waals surface area contributed by atoms with Gasteiger partial charge in [-0.25, -0.2) is 0 Å². The maximum atomic E-state index is 2.44. The first-order valence-electron chi connectivity index (χ1n) is 7.86. The third-order valence-electron chi connectivity index (χ3n) is 5.09. The minimum Gasteiger partial charge on any atom is -1.00 e. The molecule has 2 aliphatic carbocycles. The summed E-state index contributed by atoms with van der Waals surface area (Å²) in [5.41, 5.74) is 3.44. The third-order valence-corrected chi connectivity index (χ3v) is 16.9. The molecule has 0 N–H and O–H groups in total. The molecule has 0 nitrogen and oxygen atoms in total. The maximum Gasteiger partial charge on any atom is -1.00 e. The van der Waals surface area contributed by atoms with E-state index in [4.69, 9.17) is 0 Å². The monoisotopic (exact) mass is 402 g/mol.